The second kappa shape index (κ2) is 8.52. The van der Waals surface area contributed by atoms with Crippen LogP contribution in [-0.4, -0.2) is 27.7 Å². The average Bonchev–Trinajstić information content (AvgIpc) is 3.41. The Morgan fingerprint density at radius 3 is 2.78 bits per heavy atom. The summed E-state index contributed by atoms with van der Waals surface area (Å²) < 4.78 is 7.16. The topological polar surface area (TPSA) is 103 Å². The van der Waals surface area contributed by atoms with Gasteiger partial charge in [-0.1, -0.05) is 42.1 Å². The highest BCUT2D eigenvalue weighted by molar-refractivity contribution is 6.37. The zero-order chi connectivity index (χ0) is 22.4. The lowest BCUT2D eigenvalue weighted by Crippen LogP contribution is -2.48. The molecule has 7 nitrogen and oxygen atoms in total. The molecule has 3 aromatic rings. The normalized spacial score (nSPS) is 23.1. The number of carbonyl (C=O) groups excluding carboxylic acids is 1. The summed E-state index contributed by atoms with van der Waals surface area (Å²) in [7, 11) is 0. The molecule has 2 fully saturated rings. The van der Waals surface area contributed by atoms with Crippen LogP contribution < -0.4 is 16.6 Å². The van der Waals surface area contributed by atoms with Crippen molar-refractivity contribution in [2.24, 2.45) is 11.7 Å². The molecule has 3 unspecified atom stereocenters. The van der Waals surface area contributed by atoms with Gasteiger partial charge in [-0.2, -0.15) is 0 Å². The smallest absolute Gasteiger partial charge is 0.264 e. The quantitative estimate of drug-likeness (QED) is 0.611. The summed E-state index contributed by atoms with van der Waals surface area (Å²) in [6.07, 6.45) is 7.88. The van der Waals surface area contributed by atoms with E-state index in [2.05, 4.69) is 10.5 Å². The minimum Gasteiger partial charge on any atom is -0.360 e. The standard InChI is InChI=1S/C24H29ClN4O3/c1-13-19-22(28-32-13)20-17(25)8-5-9-18(20)29(24(19)31)16-11-10-15(12-16)27-23(30)21(26)14-6-3-2-4-7-14/h5,8-9,14-16,21H,2-4,6-7,10-12,26H2,1H3,(H,27,30). The number of pyridine rings is 1. The van der Waals surface area contributed by atoms with E-state index < -0.39 is 6.04 Å². The van der Waals surface area contributed by atoms with Crippen LogP contribution in [0.3, 0.4) is 0 Å². The molecular weight excluding hydrogens is 428 g/mol. The number of hydrogen-bond donors (Lipinski definition) is 2. The zero-order valence-electron chi connectivity index (χ0n) is 18.3. The number of amides is 1. The second-order valence-corrected chi connectivity index (χ2v) is 9.77. The third-order valence-corrected chi connectivity index (χ3v) is 7.68. The van der Waals surface area contributed by atoms with Crippen LogP contribution in [0, 0.1) is 12.8 Å². The van der Waals surface area contributed by atoms with Crippen molar-refractivity contribution in [3.63, 3.8) is 0 Å². The maximum absolute atomic E-state index is 13.5. The molecule has 2 saturated carbocycles. The SMILES string of the molecule is Cc1onc2c1c(=O)n(C1CCC(NC(=O)C(N)C3CCCCC3)C1)c1cccc(Cl)c21. The number of carbonyl (C=O) groups is 1. The van der Waals surface area contributed by atoms with Crippen molar-refractivity contribution < 1.29 is 9.32 Å². The molecule has 0 saturated heterocycles. The Balaban J connectivity index is 1.42. The first-order valence-corrected chi connectivity index (χ1v) is 12.0. The van der Waals surface area contributed by atoms with Gasteiger partial charge in [0.15, 0.2) is 0 Å². The highest BCUT2D eigenvalue weighted by Gasteiger charge is 2.33. The fraction of sp³-hybridized carbons (Fsp3) is 0.542. The number of halogens is 1. The molecule has 2 heterocycles. The molecule has 5 rings (SSSR count). The summed E-state index contributed by atoms with van der Waals surface area (Å²) in [5, 5.41) is 9.01. The lowest BCUT2D eigenvalue weighted by Gasteiger charge is -2.27. The minimum atomic E-state index is -0.451. The van der Waals surface area contributed by atoms with E-state index in [4.69, 9.17) is 21.9 Å². The van der Waals surface area contributed by atoms with Crippen molar-refractivity contribution in [1.82, 2.24) is 15.0 Å². The molecule has 2 aromatic heterocycles. The third-order valence-electron chi connectivity index (χ3n) is 7.36. The molecule has 1 amide bonds. The van der Waals surface area contributed by atoms with Crippen LogP contribution >= 0.6 is 11.6 Å². The summed E-state index contributed by atoms with van der Waals surface area (Å²) in [5.74, 6) is 0.698. The van der Waals surface area contributed by atoms with E-state index in [9.17, 15) is 9.59 Å². The summed E-state index contributed by atoms with van der Waals surface area (Å²) in [5.41, 5.74) is 7.43. The number of nitrogens with two attached hydrogens (primary N) is 1. The van der Waals surface area contributed by atoms with Crippen molar-refractivity contribution >= 4 is 39.3 Å². The van der Waals surface area contributed by atoms with Gasteiger partial charge in [-0.25, -0.2) is 0 Å². The molecule has 8 heteroatoms. The average molecular weight is 457 g/mol. The zero-order valence-corrected chi connectivity index (χ0v) is 19.0. The predicted molar refractivity (Wildman–Crippen MR) is 125 cm³/mol. The van der Waals surface area contributed by atoms with Crippen LogP contribution in [0.4, 0.5) is 0 Å². The van der Waals surface area contributed by atoms with Gasteiger partial charge in [-0.15, -0.1) is 0 Å². The van der Waals surface area contributed by atoms with Gasteiger partial charge in [0.25, 0.3) is 5.56 Å². The Morgan fingerprint density at radius 1 is 1.22 bits per heavy atom. The third kappa shape index (κ3) is 3.61. The summed E-state index contributed by atoms with van der Waals surface area (Å²) in [6.45, 7) is 1.74. The van der Waals surface area contributed by atoms with E-state index in [0.29, 0.717) is 28.1 Å². The number of fused-ring (bicyclic) bond motifs is 3. The first-order valence-electron chi connectivity index (χ1n) is 11.6. The Labute approximate surface area is 191 Å². The van der Waals surface area contributed by atoms with Crippen LogP contribution in [0.2, 0.25) is 5.02 Å². The largest absolute Gasteiger partial charge is 0.360 e. The predicted octanol–water partition coefficient (Wildman–Crippen LogP) is 4.22. The van der Waals surface area contributed by atoms with Gasteiger partial charge in [-0.3, -0.25) is 9.59 Å². The van der Waals surface area contributed by atoms with Gasteiger partial charge < -0.3 is 20.1 Å². The van der Waals surface area contributed by atoms with Gasteiger partial charge in [0.1, 0.15) is 16.7 Å². The number of benzene rings is 1. The first kappa shape index (κ1) is 21.5. The number of nitrogens with one attached hydrogen (secondary N) is 1. The van der Waals surface area contributed by atoms with Crippen molar-refractivity contribution in [1.29, 1.82) is 0 Å². The molecule has 1 aromatic carbocycles. The van der Waals surface area contributed by atoms with E-state index in [1.54, 1.807) is 13.0 Å². The Hall–Kier alpha value is -2.38. The first-order chi connectivity index (χ1) is 15.5. The van der Waals surface area contributed by atoms with Crippen molar-refractivity contribution in [3.8, 4) is 0 Å². The second-order valence-electron chi connectivity index (χ2n) is 9.37. The molecule has 0 bridgehead atoms. The summed E-state index contributed by atoms with van der Waals surface area (Å²) >= 11 is 6.51. The highest BCUT2D eigenvalue weighted by Crippen LogP contribution is 2.36. The monoisotopic (exact) mass is 456 g/mol. The lowest BCUT2D eigenvalue weighted by molar-refractivity contribution is -0.124. The van der Waals surface area contributed by atoms with Gasteiger partial charge >= 0.3 is 0 Å². The molecule has 3 N–H and O–H groups in total. The Morgan fingerprint density at radius 2 is 2.00 bits per heavy atom. The summed E-state index contributed by atoms with van der Waals surface area (Å²) in [4.78, 5) is 26.3. The number of rotatable bonds is 4. The maximum atomic E-state index is 13.5. The fourth-order valence-corrected chi connectivity index (χ4v) is 5.92. The van der Waals surface area contributed by atoms with Crippen molar-refractivity contribution in [2.75, 3.05) is 0 Å². The van der Waals surface area contributed by atoms with Crippen LogP contribution in [0.1, 0.15) is 63.2 Å². The highest BCUT2D eigenvalue weighted by atomic mass is 35.5. The molecule has 2 aliphatic carbocycles. The molecule has 0 spiro atoms. The number of hydrogen-bond acceptors (Lipinski definition) is 5. The van der Waals surface area contributed by atoms with Crippen molar-refractivity contribution in [2.45, 2.75) is 76.4 Å². The number of aromatic nitrogens is 2. The molecule has 3 atom stereocenters. The van der Waals surface area contributed by atoms with Gasteiger partial charge in [-0.05, 0) is 57.1 Å². The Kier molecular flexibility index (Phi) is 5.72. The van der Waals surface area contributed by atoms with E-state index in [1.165, 1.54) is 6.42 Å². The number of aryl methyl sites for hydroxylation is 1. The van der Waals surface area contributed by atoms with E-state index >= 15 is 0 Å². The molecular formula is C24H29ClN4O3. The Bertz CT molecular complexity index is 1230. The molecule has 0 aliphatic heterocycles. The van der Waals surface area contributed by atoms with Gasteiger partial charge in [0.05, 0.1) is 16.6 Å². The van der Waals surface area contributed by atoms with E-state index in [1.807, 2.05) is 16.7 Å². The minimum absolute atomic E-state index is 0.00235. The van der Waals surface area contributed by atoms with Crippen molar-refractivity contribution in [3.05, 3.63) is 39.3 Å². The van der Waals surface area contributed by atoms with Gasteiger partial charge in [0.2, 0.25) is 5.91 Å². The molecule has 170 valence electrons. The number of nitrogens with zero attached hydrogens (tertiary/aromatic N) is 2. The molecule has 32 heavy (non-hydrogen) atoms. The van der Waals surface area contributed by atoms with Crippen LogP contribution in [-0.2, 0) is 4.79 Å². The lowest BCUT2D eigenvalue weighted by atomic mass is 9.84. The molecule has 0 radical (unpaired) electrons. The van der Waals surface area contributed by atoms with Crippen LogP contribution in [0.5, 0.6) is 0 Å². The van der Waals surface area contributed by atoms with Gasteiger partial charge in [0, 0.05) is 17.5 Å². The fourth-order valence-electron chi connectivity index (χ4n) is 5.66. The van der Waals surface area contributed by atoms with Crippen LogP contribution in [0.25, 0.3) is 21.8 Å². The summed E-state index contributed by atoms with van der Waals surface area (Å²) in [6, 6.07) is 5.05. The maximum Gasteiger partial charge on any atom is 0.264 e. The molecule has 2 aliphatic rings. The van der Waals surface area contributed by atoms with E-state index in [-0.39, 0.29) is 29.5 Å². The van der Waals surface area contributed by atoms with Crippen LogP contribution in [0.15, 0.2) is 27.5 Å². The van der Waals surface area contributed by atoms with E-state index in [0.717, 1.165) is 49.4 Å².